The van der Waals surface area contributed by atoms with Crippen molar-refractivity contribution in [2.45, 2.75) is 37.8 Å². The monoisotopic (exact) mass is 422 g/mol. The minimum absolute atomic E-state index is 0.247. The quantitative estimate of drug-likeness (QED) is 0.555. The third kappa shape index (κ3) is 2.94. The van der Waals surface area contributed by atoms with Crippen LogP contribution in [0.4, 0.5) is 5.69 Å². The van der Waals surface area contributed by atoms with E-state index < -0.39 is 35.8 Å². The minimum atomic E-state index is -0.961. The first-order valence-electron chi connectivity index (χ1n) is 10.1. The lowest BCUT2D eigenvalue weighted by Crippen LogP contribution is -2.75. The lowest BCUT2D eigenvalue weighted by atomic mass is 9.87. The average Bonchev–Trinajstić information content (AvgIpc) is 3.24. The van der Waals surface area contributed by atoms with Crippen LogP contribution in [-0.2, 0) is 14.3 Å². The first kappa shape index (κ1) is 19.7. The molecule has 5 rings (SSSR count). The zero-order valence-electron chi connectivity index (χ0n) is 17.4. The van der Waals surface area contributed by atoms with Gasteiger partial charge in [-0.05, 0) is 50.2 Å². The van der Waals surface area contributed by atoms with Crippen LogP contribution in [0.25, 0.3) is 0 Å². The number of rotatable bonds is 4. The molecule has 8 heteroatoms. The smallest absolute Gasteiger partial charge is 0.262 e. The number of carbonyl (C=O) groups is 3. The van der Waals surface area contributed by atoms with Crippen molar-refractivity contribution in [3.8, 4) is 5.75 Å². The number of ether oxygens (including phenoxy) is 3. The predicted molar refractivity (Wildman–Crippen MR) is 110 cm³/mol. The molecule has 0 N–H and O–H groups in total. The molecular weight excluding hydrogens is 400 g/mol. The number of β-lactam (4-membered cyclic amide) rings is 1. The van der Waals surface area contributed by atoms with E-state index in [1.165, 1.54) is 0 Å². The number of hydrogen-bond acceptors (Lipinski definition) is 6. The van der Waals surface area contributed by atoms with E-state index in [1.54, 1.807) is 74.4 Å². The number of benzene rings is 2. The molecule has 0 bridgehead atoms. The van der Waals surface area contributed by atoms with E-state index >= 15 is 0 Å². The predicted octanol–water partition coefficient (Wildman–Crippen LogP) is 2.23. The molecule has 160 valence electrons. The largest absolute Gasteiger partial charge is 0.497 e. The van der Waals surface area contributed by atoms with Gasteiger partial charge in [0.2, 0.25) is 0 Å². The fourth-order valence-electron chi connectivity index (χ4n) is 4.51. The summed E-state index contributed by atoms with van der Waals surface area (Å²) in [5.41, 5.74) is 1.26. The second-order valence-corrected chi connectivity index (χ2v) is 8.23. The third-order valence-electron chi connectivity index (χ3n) is 5.98. The van der Waals surface area contributed by atoms with E-state index in [-0.39, 0.29) is 12.5 Å². The standard InChI is InChI=1S/C23H22N2O6/c1-23(2)30-12-17(31-23)18-19(22(28)24(18)13-8-10-14(29-3)11-9-13)25-20(26)15-6-4-5-7-16(15)21(25)27/h4-11,17-19H,12H2,1-3H3/t17-,18-,19-/m1/s1. The van der Waals surface area contributed by atoms with Crippen LogP contribution >= 0.6 is 0 Å². The first-order chi connectivity index (χ1) is 14.8. The summed E-state index contributed by atoms with van der Waals surface area (Å²) >= 11 is 0. The molecule has 2 aromatic carbocycles. The molecule has 0 radical (unpaired) electrons. The molecule has 0 aromatic heterocycles. The van der Waals surface area contributed by atoms with Crippen LogP contribution in [0, 0.1) is 0 Å². The Morgan fingerprint density at radius 2 is 1.55 bits per heavy atom. The molecule has 2 aromatic rings. The maximum Gasteiger partial charge on any atom is 0.262 e. The maximum absolute atomic E-state index is 13.3. The Balaban J connectivity index is 1.52. The third-order valence-corrected chi connectivity index (χ3v) is 5.98. The molecule has 31 heavy (non-hydrogen) atoms. The molecule has 3 amide bonds. The van der Waals surface area contributed by atoms with Gasteiger partial charge in [-0.3, -0.25) is 19.3 Å². The number of hydrogen-bond donors (Lipinski definition) is 0. The number of methoxy groups -OCH3 is 1. The molecule has 3 atom stereocenters. The van der Waals surface area contributed by atoms with Gasteiger partial charge in [-0.2, -0.15) is 0 Å². The number of carbonyl (C=O) groups excluding carboxylic acids is 3. The van der Waals surface area contributed by atoms with Gasteiger partial charge < -0.3 is 19.1 Å². The highest BCUT2D eigenvalue weighted by molar-refractivity contribution is 6.24. The lowest BCUT2D eigenvalue weighted by Gasteiger charge is -2.51. The normalized spacial score (nSPS) is 26.8. The topological polar surface area (TPSA) is 85.4 Å². The van der Waals surface area contributed by atoms with Crippen LogP contribution in [-0.4, -0.2) is 60.3 Å². The lowest BCUT2D eigenvalue weighted by molar-refractivity contribution is -0.152. The van der Waals surface area contributed by atoms with Crippen molar-refractivity contribution < 1.29 is 28.6 Å². The van der Waals surface area contributed by atoms with E-state index in [4.69, 9.17) is 14.2 Å². The first-order valence-corrected chi connectivity index (χ1v) is 10.1. The highest BCUT2D eigenvalue weighted by Crippen LogP contribution is 2.41. The van der Waals surface area contributed by atoms with Crippen LogP contribution in [0.15, 0.2) is 48.5 Å². The number of imide groups is 1. The van der Waals surface area contributed by atoms with Gasteiger partial charge in [0.1, 0.15) is 17.9 Å². The van der Waals surface area contributed by atoms with Gasteiger partial charge in [-0.1, -0.05) is 12.1 Å². The summed E-state index contributed by atoms with van der Waals surface area (Å²) in [5, 5.41) is 0. The van der Waals surface area contributed by atoms with E-state index in [0.29, 0.717) is 22.6 Å². The van der Waals surface area contributed by atoms with Gasteiger partial charge >= 0.3 is 0 Å². The SMILES string of the molecule is COc1ccc(N2C(=O)[C@H](N3C(=O)c4ccccc4C3=O)[C@H]2[C@H]2COC(C)(C)O2)cc1. The second kappa shape index (κ2) is 6.90. The molecule has 2 saturated heterocycles. The molecular formula is C23H22N2O6. The molecule has 3 heterocycles. The highest BCUT2D eigenvalue weighted by Gasteiger charge is 2.61. The summed E-state index contributed by atoms with van der Waals surface area (Å²) in [7, 11) is 1.57. The summed E-state index contributed by atoms with van der Waals surface area (Å²) in [4.78, 5) is 42.1. The zero-order chi connectivity index (χ0) is 21.9. The van der Waals surface area contributed by atoms with Gasteiger partial charge in [0.05, 0.1) is 30.9 Å². The number of amides is 3. The Kier molecular flexibility index (Phi) is 4.39. The molecule has 2 fully saturated rings. The fourth-order valence-corrected chi connectivity index (χ4v) is 4.51. The highest BCUT2D eigenvalue weighted by atomic mass is 16.7. The maximum atomic E-state index is 13.3. The Bertz CT molecular complexity index is 1040. The zero-order valence-corrected chi connectivity index (χ0v) is 17.4. The van der Waals surface area contributed by atoms with Crippen LogP contribution in [0.1, 0.15) is 34.6 Å². The van der Waals surface area contributed by atoms with Gasteiger partial charge in [0, 0.05) is 5.69 Å². The molecule has 3 aliphatic rings. The second-order valence-electron chi connectivity index (χ2n) is 8.23. The summed E-state index contributed by atoms with van der Waals surface area (Å²) < 4.78 is 17.0. The summed E-state index contributed by atoms with van der Waals surface area (Å²) in [6.07, 6.45) is -0.496. The molecule has 0 spiro atoms. The van der Waals surface area contributed by atoms with E-state index in [9.17, 15) is 14.4 Å². The van der Waals surface area contributed by atoms with Gasteiger partial charge in [-0.15, -0.1) is 0 Å². The Morgan fingerprint density at radius 1 is 0.935 bits per heavy atom. The van der Waals surface area contributed by atoms with Crippen molar-refractivity contribution in [3.63, 3.8) is 0 Å². The Labute approximate surface area is 179 Å². The van der Waals surface area contributed by atoms with E-state index in [0.717, 1.165) is 4.90 Å². The van der Waals surface area contributed by atoms with Crippen molar-refractivity contribution in [2.24, 2.45) is 0 Å². The van der Waals surface area contributed by atoms with E-state index in [2.05, 4.69) is 0 Å². The van der Waals surface area contributed by atoms with Crippen LogP contribution in [0.2, 0.25) is 0 Å². The van der Waals surface area contributed by atoms with Crippen molar-refractivity contribution in [1.29, 1.82) is 0 Å². The number of fused-ring (bicyclic) bond motifs is 1. The Hall–Kier alpha value is -3.23. The van der Waals surface area contributed by atoms with Crippen LogP contribution in [0.5, 0.6) is 5.75 Å². The summed E-state index contributed by atoms with van der Waals surface area (Å²) in [6, 6.07) is 12.1. The van der Waals surface area contributed by atoms with Crippen molar-refractivity contribution in [3.05, 3.63) is 59.7 Å². The molecule has 0 unspecified atom stereocenters. The van der Waals surface area contributed by atoms with Gasteiger partial charge in [0.15, 0.2) is 5.79 Å². The summed E-state index contributed by atoms with van der Waals surface area (Å²) in [5.74, 6) is -1.42. The van der Waals surface area contributed by atoms with Crippen molar-refractivity contribution in [2.75, 3.05) is 18.6 Å². The number of anilines is 1. The summed E-state index contributed by atoms with van der Waals surface area (Å²) in [6.45, 7) is 3.84. The minimum Gasteiger partial charge on any atom is -0.497 e. The van der Waals surface area contributed by atoms with Crippen molar-refractivity contribution >= 4 is 23.4 Å². The van der Waals surface area contributed by atoms with Crippen LogP contribution < -0.4 is 9.64 Å². The van der Waals surface area contributed by atoms with Gasteiger partial charge in [-0.25, -0.2) is 0 Å². The molecule has 0 aliphatic carbocycles. The molecule has 3 aliphatic heterocycles. The average molecular weight is 422 g/mol. The van der Waals surface area contributed by atoms with Crippen LogP contribution in [0.3, 0.4) is 0 Å². The van der Waals surface area contributed by atoms with Gasteiger partial charge in [0.25, 0.3) is 17.7 Å². The molecule has 0 saturated carbocycles. The molecule has 8 nitrogen and oxygen atoms in total. The van der Waals surface area contributed by atoms with E-state index in [1.807, 2.05) is 0 Å². The van der Waals surface area contributed by atoms with Crippen molar-refractivity contribution in [1.82, 2.24) is 4.90 Å². The Morgan fingerprint density at radius 3 is 2.06 bits per heavy atom. The number of nitrogens with zero attached hydrogens (tertiary/aromatic N) is 2. The fraction of sp³-hybridized carbons (Fsp3) is 0.348.